The highest BCUT2D eigenvalue weighted by Crippen LogP contribution is 2.46. The Labute approximate surface area is 243 Å². The Morgan fingerprint density at radius 2 is 1.87 bits per heavy atom. The number of aliphatic hydroxyl groups excluding tert-OH is 1. The Balaban J connectivity index is 0.00000176. The Kier molecular flexibility index (Phi) is 8.42. The number of aliphatic hydroxyl groups is 1. The molecule has 1 saturated heterocycles. The number of benzene rings is 2. The number of carbonyl (C=O) groups excluding carboxylic acids is 2. The number of amides is 3. The van der Waals surface area contributed by atoms with Crippen molar-refractivity contribution >= 4 is 77.5 Å². The number of hydrogen-bond donors (Lipinski definition) is 3. The summed E-state index contributed by atoms with van der Waals surface area (Å²) in [4.78, 5) is 35.7. The van der Waals surface area contributed by atoms with E-state index in [2.05, 4.69) is 15.6 Å². The SMILES string of the molecule is Cc1cc(Oc2ccccc2)ccc1N1C(=O)Nc2c(C(=O)N[C@H]3CN(C)C[C@@H]3O)sc3nccc1c23.S.S. The molecular weight excluding hydrogens is 555 g/mol. The minimum atomic E-state index is -0.643. The summed E-state index contributed by atoms with van der Waals surface area (Å²) in [6.07, 6.45) is 0.999. The molecule has 2 aromatic heterocycles. The molecule has 2 aliphatic heterocycles. The minimum Gasteiger partial charge on any atom is -0.457 e. The van der Waals surface area contributed by atoms with Crippen molar-refractivity contribution in [3.8, 4) is 11.5 Å². The lowest BCUT2D eigenvalue weighted by molar-refractivity contribution is 0.0893. The summed E-state index contributed by atoms with van der Waals surface area (Å²) in [5.74, 6) is 1.06. The average Bonchev–Trinajstić information content (AvgIpc) is 3.40. The number of β-amino-alcohol motifs (C(OH)–C–C–N with tert-alkyl or cyclic N) is 1. The fraction of sp³-hybridized carbons (Fsp3) is 0.222. The Bertz CT molecular complexity index is 1530. The molecule has 39 heavy (non-hydrogen) atoms. The third-order valence-corrected chi connectivity index (χ3v) is 7.72. The molecule has 3 N–H and O–H groups in total. The fourth-order valence-electron chi connectivity index (χ4n) is 4.90. The van der Waals surface area contributed by atoms with Crippen molar-refractivity contribution in [1.82, 2.24) is 15.2 Å². The van der Waals surface area contributed by atoms with Gasteiger partial charge in [0.05, 0.1) is 34.6 Å². The van der Waals surface area contributed by atoms with E-state index in [9.17, 15) is 14.7 Å². The molecule has 9 nitrogen and oxygen atoms in total. The number of ether oxygens (including phenoxy) is 1. The Morgan fingerprint density at radius 1 is 1.10 bits per heavy atom. The molecule has 4 heterocycles. The number of anilines is 3. The first-order valence-electron chi connectivity index (χ1n) is 11.9. The van der Waals surface area contributed by atoms with E-state index in [-0.39, 0.29) is 45.0 Å². The number of para-hydroxylation sites is 1. The van der Waals surface area contributed by atoms with Gasteiger partial charge in [-0.25, -0.2) is 9.78 Å². The molecule has 6 rings (SSSR count). The summed E-state index contributed by atoms with van der Waals surface area (Å²) in [5.41, 5.74) is 2.65. The minimum absolute atomic E-state index is 0. The second kappa shape index (κ2) is 11.4. The van der Waals surface area contributed by atoms with Gasteiger partial charge >= 0.3 is 6.03 Å². The second-order valence-electron chi connectivity index (χ2n) is 9.31. The number of nitrogens with zero attached hydrogens (tertiary/aromatic N) is 3. The van der Waals surface area contributed by atoms with E-state index in [0.717, 1.165) is 11.3 Å². The average molecular weight is 584 g/mol. The van der Waals surface area contributed by atoms with Gasteiger partial charge in [-0.3, -0.25) is 9.69 Å². The quantitative estimate of drug-likeness (QED) is 0.314. The lowest BCUT2D eigenvalue weighted by Gasteiger charge is -2.29. The molecule has 0 saturated carbocycles. The van der Waals surface area contributed by atoms with Crippen LogP contribution in [0.25, 0.3) is 10.2 Å². The normalized spacial score (nSPS) is 18.2. The van der Waals surface area contributed by atoms with Crippen LogP contribution in [0.2, 0.25) is 0 Å². The van der Waals surface area contributed by atoms with E-state index in [1.807, 2.05) is 67.4 Å². The highest BCUT2D eigenvalue weighted by molar-refractivity contribution is 7.59. The number of likely N-dealkylation sites (tertiary alicyclic amines) is 1. The van der Waals surface area contributed by atoms with Crippen molar-refractivity contribution in [3.63, 3.8) is 0 Å². The summed E-state index contributed by atoms with van der Waals surface area (Å²) < 4.78 is 5.95. The van der Waals surface area contributed by atoms with Crippen molar-refractivity contribution < 1.29 is 19.4 Å². The van der Waals surface area contributed by atoms with Gasteiger partial charge in [0.2, 0.25) is 0 Å². The second-order valence-corrected chi connectivity index (χ2v) is 10.3. The summed E-state index contributed by atoms with van der Waals surface area (Å²) >= 11 is 1.22. The summed E-state index contributed by atoms with van der Waals surface area (Å²) in [6, 6.07) is 16.1. The number of nitrogens with one attached hydrogen (secondary N) is 2. The number of hydrogen-bond acceptors (Lipinski definition) is 7. The molecule has 4 aromatic rings. The van der Waals surface area contributed by atoms with Crippen molar-refractivity contribution in [2.75, 3.05) is 30.4 Å². The zero-order chi connectivity index (χ0) is 25.7. The van der Waals surface area contributed by atoms with Crippen LogP contribution in [-0.4, -0.2) is 59.2 Å². The summed E-state index contributed by atoms with van der Waals surface area (Å²) in [7, 11) is 1.89. The van der Waals surface area contributed by atoms with E-state index < -0.39 is 6.10 Å². The first-order valence-corrected chi connectivity index (χ1v) is 12.7. The van der Waals surface area contributed by atoms with E-state index in [0.29, 0.717) is 51.0 Å². The number of urea groups is 1. The number of pyridine rings is 1. The maximum atomic E-state index is 13.4. The number of carbonyl (C=O) groups is 2. The van der Waals surface area contributed by atoms with Gasteiger partial charge in [0.25, 0.3) is 5.91 Å². The molecule has 0 bridgehead atoms. The molecule has 2 aromatic carbocycles. The Morgan fingerprint density at radius 3 is 2.56 bits per heavy atom. The Hall–Kier alpha value is -3.29. The molecule has 0 unspecified atom stereocenters. The van der Waals surface area contributed by atoms with Crippen molar-refractivity contribution in [3.05, 3.63) is 71.2 Å². The van der Waals surface area contributed by atoms with E-state index in [1.54, 1.807) is 17.2 Å². The van der Waals surface area contributed by atoms with Crippen LogP contribution in [0.3, 0.4) is 0 Å². The van der Waals surface area contributed by atoms with Crippen molar-refractivity contribution in [2.24, 2.45) is 0 Å². The summed E-state index contributed by atoms with van der Waals surface area (Å²) in [6.45, 7) is 2.97. The van der Waals surface area contributed by atoms with Crippen LogP contribution in [0.15, 0.2) is 60.8 Å². The van der Waals surface area contributed by atoms with Gasteiger partial charge in [-0.1, -0.05) is 18.2 Å². The highest BCUT2D eigenvalue weighted by atomic mass is 32.1. The molecule has 12 heteroatoms. The van der Waals surface area contributed by atoms with Gasteiger partial charge in [0.15, 0.2) is 0 Å². The van der Waals surface area contributed by atoms with Crippen LogP contribution < -0.4 is 20.3 Å². The number of aromatic nitrogens is 1. The predicted octanol–water partition coefficient (Wildman–Crippen LogP) is 4.71. The van der Waals surface area contributed by atoms with Gasteiger partial charge in [0, 0.05) is 19.3 Å². The molecule has 1 fully saturated rings. The highest BCUT2D eigenvalue weighted by Gasteiger charge is 2.35. The van der Waals surface area contributed by atoms with E-state index in [1.165, 1.54) is 11.3 Å². The monoisotopic (exact) mass is 583 g/mol. The molecule has 204 valence electrons. The van der Waals surface area contributed by atoms with E-state index in [4.69, 9.17) is 4.74 Å². The molecule has 2 atom stereocenters. The van der Waals surface area contributed by atoms with Crippen LogP contribution in [0, 0.1) is 6.92 Å². The maximum absolute atomic E-state index is 13.4. The van der Waals surface area contributed by atoms with Gasteiger partial charge in [-0.05, 0) is 55.9 Å². The molecule has 2 aliphatic rings. The fourth-order valence-corrected chi connectivity index (χ4v) is 5.93. The number of aryl methyl sites for hydroxylation is 1. The predicted molar refractivity (Wildman–Crippen MR) is 164 cm³/mol. The van der Waals surface area contributed by atoms with Gasteiger partial charge in [-0.2, -0.15) is 27.0 Å². The smallest absolute Gasteiger partial charge is 0.331 e. The van der Waals surface area contributed by atoms with Gasteiger partial charge in [-0.15, -0.1) is 11.3 Å². The third-order valence-electron chi connectivity index (χ3n) is 6.63. The van der Waals surface area contributed by atoms with Crippen LogP contribution in [-0.2, 0) is 0 Å². The topological polar surface area (TPSA) is 107 Å². The first-order chi connectivity index (χ1) is 17.9. The van der Waals surface area contributed by atoms with Crippen LogP contribution in [0.5, 0.6) is 11.5 Å². The van der Waals surface area contributed by atoms with Crippen molar-refractivity contribution in [2.45, 2.75) is 19.1 Å². The number of thiophene rings is 1. The van der Waals surface area contributed by atoms with E-state index >= 15 is 0 Å². The molecule has 0 spiro atoms. The molecule has 0 radical (unpaired) electrons. The van der Waals surface area contributed by atoms with Crippen LogP contribution >= 0.6 is 38.3 Å². The lowest BCUT2D eigenvalue weighted by atomic mass is 10.1. The molecule has 0 aliphatic carbocycles. The maximum Gasteiger partial charge on any atom is 0.331 e. The van der Waals surface area contributed by atoms with Crippen LogP contribution in [0.1, 0.15) is 15.2 Å². The zero-order valence-corrected chi connectivity index (χ0v) is 24.1. The number of rotatable bonds is 5. The molecular formula is C27H29N5O4S3. The van der Waals surface area contributed by atoms with Gasteiger partial charge in [0.1, 0.15) is 21.2 Å². The standard InChI is InChI=1S/C27H25N5O4S.2H2S/c1-15-12-17(36-16-6-4-3-5-7-16)8-9-19(15)32-20-10-11-28-26-22(20)23(30-27(32)35)24(37-26)25(34)29-18-13-31(2)14-21(18)33;;/h3-12,18,21,33H,13-14H2,1-2H3,(H,29,34)(H,30,35);2*1H2/t18-,21-;;/m0../s1. The molecule has 3 amide bonds. The number of likely N-dealkylation sites (N-methyl/N-ethyl adjacent to an activating group) is 1. The third kappa shape index (κ3) is 5.30. The van der Waals surface area contributed by atoms with Crippen molar-refractivity contribution in [1.29, 1.82) is 0 Å². The zero-order valence-electron chi connectivity index (χ0n) is 21.3. The van der Waals surface area contributed by atoms with Crippen LogP contribution in [0.4, 0.5) is 21.9 Å². The lowest BCUT2D eigenvalue weighted by Crippen LogP contribution is -2.43. The van der Waals surface area contributed by atoms with Gasteiger partial charge < -0.3 is 25.4 Å². The first kappa shape index (κ1) is 28.7. The largest absolute Gasteiger partial charge is 0.457 e. The summed E-state index contributed by atoms with van der Waals surface area (Å²) in [5, 5.41) is 16.8.